The molecule has 5 rings (SSSR count). The third-order valence-electron chi connectivity index (χ3n) is 6.67. The molecule has 2 heterocycles. The van der Waals surface area contributed by atoms with Crippen LogP contribution in [0.25, 0.3) is 6.08 Å². The first-order valence-corrected chi connectivity index (χ1v) is 13.9. The highest BCUT2D eigenvalue weighted by atomic mass is 32.1. The lowest BCUT2D eigenvalue weighted by Crippen LogP contribution is -2.39. The molecule has 1 aliphatic heterocycles. The third kappa shape index (κ3) is 5.81. The second-order valence-corrected chi connectivity index (χ2v) is 10.3. The number of rotatable bonds is 9. The van der Waals surface area contributed by atoms with Crippen molar-refractivity contribution in [3.05, 3.63) is 120 Å². The largest absolute Gasteiger partial charge is 0.497 e. The summed E-state index contributed by atoms with van der Waals surface area (Å²) in [7, 11) is 3.17. The number of hydrogen-bond donors (Lipinski definition) is 0. The number of hydrogen-bond acceptors (Lipinski definition) is 8. The molecule has 0 saturated carbocycles. The fourth-order valence-corrected chi connectivity index (χ4v) is 5.72. The lowest BCUT2D eigenvalue weighted by atomic mass is 9.96. The Kier molecular flexibility index (Phi) is 8.35. The molecule has 0 aliphatic carbocycles. The van der Waals surface area contributed by atoms with E-state index in [9.17, 15) is 9.59 Å². The Morgan fingerprint density at radius 2 is 1.76 bits per heavy atom. The van der Waals surface area contributed by atoms with Crippen molar-refractivity contribution >= 4 is 23.4 Å². The van der Waals surface area contributed by atoms with Gasteiger partial charge in [-0.1, -0.05) is 59.9 Å². The number of nitrogens with zero attached hydrogens (tertiary/aromatic N) is 2. The van der Waals surface area contributed by atoms with E-state index in [0.717, 1.165) is 16.7 Å². The molecular formula is C32H30N2O6S. The van der Waals surface area contributed by atoms with Gasteiger partial charge in [0.1, 0.15) is 12.4 Å². The SMILES string of the molecule is CCOC(=O)C1=C(C)N=c2s/c(=C\c3ccc(OCc4ccccc4)c(OC)c3)c(=O)n2[C@H]1c1ccc(OC)cc1. The maximum absolute atomic E-state index is 13.9. The van der Waals surface area contributed by atoms with Gasteiger partial charge in [0.25, 0.3) is 5.56 Å². The highest BCUT2D eigenvalue weighted by Gasteiger charge is 2.33. The lowest BCUT2D eigenvalue weighted by molar-refractivity contribution is -0.139. The van der Waals surface area contributed by atoms with Crippen LogP contribution in [0, 0.1) is 0 Å². The second kappa shape index (κ2) is 12.3. The maximum atomic E-state index is 13.9. The minimum absolute atomic E-state index is 0.211. The van der Waals surface area contributed by atoms with Gasteiger partial charge in [-0.05, 0) is 60.9 Å². The van der Waals surface area contributed by atoms with Crippen LogP contribution < -0.4 is 29.1 Å². The number of thiazole rings is 1. The van der Waals surface area contributed by atoms with Crippen molar-refractivity contribution in [3.8, 4) is 17.2 Å². The van der Waals surface area contributed by atoms with Crippen molar-refractivity contribution in [2.24, 2.45) is 4.99 Å². The summed E-state index contributed by atoms with van der Waals surface area (Å²) in [6, 6.07) is 22.0. The number of carbonyl (C=O) groups is 1. The Labute approximate surface area is 241 Å². The van der Waals surface area contributed by atoms with Crippen molar-refractivity contribution in [1.82, 2.24) is 4.57 Å². The average Bonchev–Trinajstić information content (AvgIpc) is 3.30. The summed E-state index contributed by atoms with van der Waals surface area (Å²) >= 11 is 1.26. The Hall–Kier alpha value is -4.63. The van der Waals surface area contributed by atoms with Crippen LogP contribution in [0.3, 0.4) is 0 Å². The molecule has 0 saturated heterocycles. The molecule has 1 atom stereocenters. The molecule has 4 aromatic rings. The number of carbonyl (C=O) groups excluding carboxylic acids is 1. The van der Waals surface area contributed by atoms with Crippen LogP contribution in [0.5, 0.6) is 17.2 Å². The van der Waals surface area contributed by atoms with Gasteiger partial charge in [0.15, 0.2) is 16.3 Å². The molecule has 0 amide bonds. The summed E-state index contributed by atoms with van der Waals surface area (Å²) in [5.41, 5.74) is 3.14. The first kappa shape index (κ1) is 27.9. The molecular weight excluding hydrogens is 540 g/mol. The van der Waals surface area contributed by atoms with Gasteiger partial charge >= 0.3 is 5.97 Å². The van der Waals surface area contributed by atoms with Crippen molar-refractivity contribution in [1.29, 1.82) is 0 Å². The minimum Gasteiger partial charge on any atom is -0.497 e. The summed E-state index contributed by atoms with van der Waals surface area (Å²) in [6.45, 7) is 4.13. The van der Waals surface area contributed by atoms with Crippen LogP contribution >= 0.6 is 11.3 Å². The number of benzene rings is 3. The van der Waals surface area contributed by atoms with E-state index in [-0.39, 0.29) is 12.2 Å². The van der Waals surface area contributed by atoms with Gasteiger partial charge in [0.2, 0.25) is 0 Å². The van der Waals surface area contributed by atoms with E-state index in [0.29, 0.717) is 44.5 Å². The smallest absolute Gasteiger partial charge is 0.338 e. The molecule has 3 aromatic carbocycles. The number of ether oxygens (including phenoxy) is 4. The zero-order valence-electron chi connectivity index (χ0n) is 23.2. The Morgan fingerprint density at radius 3 is 2.44 bits per heavy atom. The second-order valence-electron chi connectivity index (χ2n) is 9.26. The van der Waals surface area contributed by atoms with Gasteiger partial charge in [-0.2, -0.15) is 0 Å². The van der Waals surface area contributed by atoms with Crippen LogP contribution in [0.1, 0.15) is 36.6 Å². The van der Waals surface area contributed by atoms with Crippen LogP contribution in [-0.2, 0) is 16.1 Å². The number of aromatic nitrogens is 1. The number of methoxy groups -OCH3 is 2. The first-order chi connectivity index (χ1) is 19.9. The molecule has 9 heteroatoms. The Morgan fingerprint density at radius 1 is 1.00 bits per heavy atom. The first-order valence-electron chi connectivity index (χ1n) is 13.1. The van der Waals surface area contributed by atoms with E-state index in [1.165, 1.54) is 11.3 Å². The molecule has 0 spiro atoms. The molecule has 1 aliphatic rings. The van der Waals surface area contributed by atoms with Crippen LogP contribution in [0.2, 0.25) is 0 Å². The van der Waals surface area contributed by atoms with Gasteiger partial charge < -0.3 is 18.9 Å². The molecule has 0 N–H and O–H groups in total. The molecule has 1 aromatic heterocycles. The topological polar surface area (TPSA) is 88.4 Å². The quantitative estimate of drug-likeness (QED) is 0.277. The van der Waals surface area contributed by atoms with Crippen LogP contribution in [0.15, 0.2) is 93.9 Å². The monoisotopic (exact) mass is 570 g/mol. The fraction of sp³-hybridized carbons (Fsp3) is 0.219. The van der Waals surface area contributed by atoms with Crippen molar-refractivity contribution in [3.63, 3.8) is 0 Å². The summed E-state index contributed by atoms with van der Waals surface area (Å²) < 4.78 is 24.3. The third-order valence-corrected chi connectivity index (χ3v) is 7.65. The van der Waals surface area contributed by atoms with E-state index in [1.807, 2.05) is 60.7 Å². The molecule has 210 valence electrons. The number of fused-ring (bicyclic) bond motifs is 1. The van der Waals surface area contributed by atoms with Gasteiger partial charge in [-0.3, -0.25) is 9.36 Å². The highest BCUT2D eigenvalue weighted by Crippen LogP contribution is 2.32. The molecule has 0 unspecified atom stereocenters. The Bertz CT molecular complexity index is 1770. The lowest BCUT2D eigenvalue weighted by Gasteiger charge is -2.24. The molecule has 0 fully saturated rings. The number of esters is 1. The van der Waals surface area contributed by atoms with Gasteiger partial charge in [-0.15, -0.1) is 0 Å². The standard InChI is InChI=1S/C32H30N2O6S/c1-5-39-31(36)28-20(2)33-32-34(29(28)23-12-14-24(37-3)15-13-23)30(35)27(41-32)18-22-11-16-25(26(17-22)38-4)40-19-21-9-7-6-8-10-21/h6-18,29H,5,19H2,1-4H3/b27-18-/t29-/m0/s1. The fourth-order valence-electron chi connectivity index (χ4n) is 4.67. The van der Waals surface area contributed by atoms with E-state index >= 15 is 0 Å². The molecule has 41 heavy (non-hydrogen) atoms. The normalized spacial score (nSPS) is 14.7. The van der Waals surface area contributed by atoms with E-state index in [2.05, 4.69) is 4.99 Å². The molecule has 8 nitrogen and oxygen atoms in total. The summed E-state index contributed by atoms with van der Waals surface area (Å²) in [5.74, 6) is 1.33. The van der Waals surface area contributed by atoms with Gasteiger partial charge in [-0.25, -0.2) is 9.79 Å². The van der Waals surface area contributed by atoms with E-state index in [1.54, 1.807) is 50.8 Å². The van der Waals surface area contributed by atoms with Crippen molar-refractivity contribution < 1.29 is 23.7 Å². The maximum Gasteiger partial charge on any atom is 0.338 e. The Balaban J connectivity index is 1.55. The predicted octanol–water partition coefficient (Wildman–Crippen LogP) is 4.39. The van der Waals surface area contributed by atoms with Crippen molar-refractivity contribution in [2.75, 3.05) is 20.8 Å². The minimum atomic E-state index is -0.693. The molecule has 0 bridgehead atoms. The van der Waals surface area contributed by atoms with Crippen LogP contribution in [-0.4, -0.2) is 31.4 Å². The summed E-state index contributed by atoms with van der Waals surface area (Å²) in [4.78, 5) is 32.1. The summed E-state index contributed by atoms with van der Waals surface area (Å²) in [5, 5.41) is 0. The van der Waals surface area contributed by atoms with Gasteiger partial charge in [0.05, 0.1) is 42.7 Å². The van der Waals surface area contributed by atoms with E-state index < -0.39 is 12.0 Å². The predicted molar refractivity (Wildman–Crippen MR) is 157 cm³/mol. The van der Waals surface area contributed by atoms with Crippen molar-refractivity contribution in [2.45, 2.75) is 26.5 Å². The summed E-state index contributed by atoms with van der Waals surface area (Å²) in [6.07, 6.45) is 1.79. The zero-order valence-corrected chi connectivity index (χ0v) is 24.1. The van der Waals surface area contributed by atoms with Gasteiger partial charge in [0, 0.05) is 0 Å². The van der Waals surface area contributed by atoms with E-state index in [4.69, 9.17) is 18.9 Å². The number of allylic oxidation sites excluding steroid dienone is 1. The average molecular weight is 571 g/mol. The van der Waals surface area contributed by atoms with Crippen LogP contribution in [0.4, 0.5) is 0 Å². The molecule has 0 radical (unpaired) electrons. The highest BCUT2D eigenvalue weighted by molar-refractivity contribution is 7.07. The zero-order chi connectivity index (χ0) is 28.9.